The van der Waals surface area contributed by atoms with E-state index in [2.05, 4.69) is 60.0 Å². The van der Waals surface area contributed by atoms with Gasteiger partial charge in [-0.25, -0.2) is 9.13 Å². The molecule has 4 nitrogen and oxygen atoms in total. The molecule has 0 aliphatic rings. The lowest BCUT2D eigenvalue weighted by molar-refractivity contribution is -0.671. The number of nitrogens with zero attached hydrogens (tertiary/aromatic N) is 4. The highest BCUT2D eigenvalue weighted by atomic mass is 32.1. The van der Waals surface area contributed by atoms with Crippen molar-refractivity contribution in [3.05, 3.63) is 18.7 Å². The molecule has 0 saturated carbocycles. The van der Waals surface area contributed by atoms with E-state index in [1.807, 2.05) is 7.05 Å². The lowest BCUT2D eigenvalue weighted by Crippen LogP contribution is -2.23. The summed E-state index contributed by atoms with van der Waals surface area (Å²) in [5.74, 6) is 0. The van der Waals surface area contributed by atoms with Gasteiger partial charge in [0.1, 0.15) is 23.2 Å². The first kappa shape index (κ1) is 17.3. The van der Waals surface area contributed by atoms with Crippen LogP contribution in [0.3, 0.4) is 0 Å². The molecule has 0 radical (unpaired) electrons. The molecule has 88 valence electrons. The number of thiocyanates is 2. The van der Waals surface area contributed by atoms with Crippen molar-refractivity contribution in [2.45, 2.75) is 26.3 Å². The zero-order valence-corrected chi connectivity index (χ0v) is 11.3. The largest absolute Gasteiger partial charge is 0.243 e. The molecule has 0 aliphatic carbocycles. The van der Waals surface area contributed by atoms with Crippen molar-refractivity contribution in [2.24, 2.45) is 7.05 Å². The number of nitriles is 2. The van der Waals surface area contributed by atoms with Gasteiger partial charge in [0.2, 0.25) is 6.33 Å². The number of imidazole rings is 1. The molecular weight excluding hydrogens is 240 g/mol. The van der Waals surface area contributed by atoms with Crippen LogP contribution in [0.15, 0.2) is 18.7 Å². The zero-order valence-electron chi connectivity index (χ0n) is 9.54. The van der Waals surface area contributed by atoms with Gasteiger partial charge in [-0.3, -0.25) is 0 Å². The minimum Gasteiger partial charge on any atom is -0.240 e. The number of hydrogen-bond donors (Lipinski definition) is 2. The van der Waals surface area contributed by atoms with Crippen LogP contribution in [0.1, 0.15) is 19.8 Å². The molecule has 1 heterocycles. The molecule has 0 atom stereocenters. The Kier molecular flexibility index (Phi) is 15.0. The molecule has 1 aromatic rings. The molecule has 1 rings (SSSR count). The summed E-state index contributed by atoms with van der Waals surface area (Å²) in [5, 5.41) is 17.3. The molecule has 16 heavy (non-hydrogen) atoms. The fourth-order valence-corrected chi connectivity index (χ4v) is 0.975. The summed E-state index contributed by atoms with van der Waals surface area (Å²) in [6, 6.07) is 0. The van der Waals surface area contributed by atoms with E-state index >= 15 is 0 Å². The maximum atomic E-state index is 7.18. The molecule has 0 aliphatic heterocycles. The number of thiol groups is 2. The van der Waals surface area contributed by atoms with Gasteiger partial charge < -0.3 is 0 Å². The Balaban J connectivity index is 0. The van der Waals surface area contributed by atoms with Crippen molar-refractivity contribution < 1.29 is 4.57 Å². The van der Waals surface area contributed by atoms with Crippen LogP contribution in [0.25, 0.3) is 0 Å². The standard InChI is InChI=1S/C8H15N2.2CHNS/c1-3-4-5-10-7-6-9(2)8-10;2*2-1-3/h6-8H,3-5H2,1-2H3;2*3H/q+1;;. The first-order valence-corrected chi connectivity index (χ1v) is 5.63. The second-order valence-electron chi connectivity index (χ2n) is 2.87. The molecule has 0 saturated heterocycles. The average molecular weight is 257 g/mol. The van der Waals surface area contributed by atoms with Crippen molar-refractivity contribution in [1.29, 1.82) is 10.5 Å². The topological polar surface area (TPSA) is 56.4 Å². The number of aromatic nitrogens is 2. The van der Waals surface area contributed by atoms with Crippen LogP contribution in [0.2, 0.25) is 0 Å². The van der Waals surface area contributed by atoms with Gasteiger partial charge in [0.25, 0.3) is 0 Å². The molecular formula is C10H17N4S2+. The summed E-state index contributed by atoms with van der Waals surface area (Å²) >= 11 is 6.19. The maximum absolute atomic E-state index is 7.18. The number of aryl methyl sites for hydroxylation is 2. The molecule has 0 fully saturated rings. The summed E-state index contributed by atoms with van der Waals surface area (Å²) in [7, 11) is 2.04. The Bertz CT molecular complexity index is 323. The quantitative estimate of drug-likeness (QED) is 0.494. The molecule has 0 bridgehead atoms. The minimum absolute atomic E-state index is 1.15. The second kappa shape index (κ2) is 13.9. The number of rotatable bonds is 3. The summed E-state index contributed by atoms with van der Waals surface area (Å²) in [6.07, 6.45) is 8.82. The van der Waals surface area contributed by atoms with Crippen molar-refractivity contribution in [3.8, 4) is 10.8 Å². The normalized spacial score (nSPS) is 7.38. The third-order valence-electron chi connectivity index (χ3n) is 1.59. The summed E-state index contributed by atoms with van der Waals surface area (Å²) in [4.78, 5) is 0. The van der Waals surface area contributed by atoms with Gasteiger partial charge >= 0.3 is 0 Å². The first-order chi connectivity index (χ1) is 7.65. The monoisotopic (exact) mass is 257 g/mol. The van der Waals surface area contributed by atoms with E-state index in [0.717, 1.165) is 6.54 Å². The van der Waals surface area contributed by atoms with Gasteiger partial charge in [0.15, 0.2) is 0 Å². The van der Waals surface area contributed by atoms with E-state index in [-0.39, 0.29) is 0 Å². The Morgan fingerprint density at radius 3 is 2.12 bits per heavy atom. The van der Waals surface area contributed by atoms with Crippen molar-refractivity contribution >= 4 is 25.3 Å². The van der Waals surface area contributed by atoms with Crippen LogP contribution in [0.4, 0.5) is 0 Å². The van der Waals surface area contributed by atoms with E-state index in [9.17, 15) is 0 Å². The van der Waals surface area contributed by atoms with E-state index in [1.54, 1.807) is 0 Å². The minimum atomic E-state index is 1.15. The van der Waals surface area contributed by atoms with Gasteiger partial charge in [-0.05, 0) is 6.42 Å². The number of unbranched alkanes of at least 4 members (excludes halogenated alkanes) is 1. The van der Waals surface area contributed by atoms with Gasteiger partial charge in [0.05, 0.1) is 13.6 Å². The third-order valence-corrected chi connectivity index (χ3v) is 1.59. The highest BCUT2D eigenvalue weighted by molar-refractivity contribution is 7.85. The smallest absolute Gasteiger partial charge is 0.240 e. The van der Waals surface area contributed by atoms with Gasteiger partial charge in [-0.1, -0.05) is 38.6 Å². The van der Waals surface area contributed by atoms with E-state index < -0.39 is 0 Å². The van der Waals surface area contributed by atoms with Crippen LogP contribution in [-0.4, -0.2) is 4.57 Å². The number of hydrogen-bond acceptors (Lipinski definition) is 4. The SMILES string of the molecule is CCCCn1cc[n+](C)c1.N#CS.N#CS. The fraction of sp³-hybridized carbons (Fsp3) is 0.500. The van der Waals surface area contributed by atoms with Crippen LogP contribution < -0.4 is 4.57 Å². The van der Waals surface area contributed by atoms with Gasteiger partial charge in [-0.15, -0.1) is 0 Å². The predicted octanol–water partition coefficient (Wildman–Crippen LogP) is 1.91. The van der Waals surface area contributed by atoms with Gasteiger partial charge in [-0.2, -0.15) is 10.5 Å². The van der Waals surface area contributed by atoms with Gasteiger partial charge in [0, 0.05) is 0 Å². The van der Waals surface area contributed by atoms with Crippen molar-refractivity contribution in [2.75, 3.05) is 0 Å². The highest BCUT2D eigenvalue weighted by Crippen LogP contribution is 1.91. The van der Waals surface area contributed by atoms with Crippen molar-refractivity contribution in [3.63, 3.8) is 0 Å². The first-order valence-electron chi connectivity index (χ1n) is 4.73. The Morgan fingerprint density at radius 2 is 1.81 bits per heavy atom. The zero-order chi connectivity index (χ0) is 12.8. The van der Waals surface area contributed by atoms with Crippen molar-refractivity contribution in [1.82, 2.24) is 4.57 Å². The Morgan fingerprint density at radius 1 is 1.31 bits per heavy atom. The molecule has 0 unspecified atom stereocenters. The van der Waals surface area contributed by atoms with E-state index in [1.165, 1.54) is 23.6 Å². The average Bonchev–Trinajstić information content (AvgIpc) is 2.64. The van der Waals surface area contributed by atoms with Crippen LogP contribution in [0.5, 0.6) is 0 Å². The molecule has 1 aromatic heterocycles. The Labute approximate surface area is 108 Å². The third kappa shape index (κ3) is 12.9. The Hall–Kier alpha value is -1.11. The highest BCUT2D eigenvalue weighted by Gasteiger charge is 1.96. The lowest BCUT2D eigenvalue weighted by atomic mass is 10.3. The predicted molar refractivity (Wildman–Crippen MR) is 69.7 cm³/mol. The van der Waals surface area contributed by atoms with Crippen LogP contribution >= 0.6 is 25.3 Å². The molecule has 0 N–H and O–H groups in total. The van der Waals surface area contributed by atoms with E-state index in [4.69, 9.17) is 10.5 Å². The fourth-order valence-electron chi connectivity index (χ4n) is 0.975. The molecule has 6 heteroatoms. The van der Waals surface area contributed by atoms with E-state index in [0.29, 0.717) is 0 Å². The summed E-state index contributed by atoms with van der Waals surface area (Å²) in [5.41, 5.74) is 0. The lowest BCUT2D eigenvalue weighted by Gasteiger charge is -1.90. The summed E-state index contributed by atoms with van der Waals surface area (Å²) in [6.45, 7) is 3.36. The second-order valence-corrected chi connectivity index (χ2v) is 3.27. The summed E-state index contributed by atoms with van der Waals surface area (Å²) < 4.78 is 4.28. The van der Waals surface area contributed by atoms with Crippen LogP contribution in [0, 0.1) is 21.3 Å². The molecule has 0 amide bonds. The van der Waals surface area contributed by atoms with Crippen LogP contribution in [-0.2, 0) is 13.6 Å². The molecule has 0 aromatic carbocycles. The maximum Gasteiger partial charge on any atom is 0.243 e. The molecule has 0 spiro atoms.